The molecule has 0 N–H and O–H groups in total. The van der Waals surface area contributed by atoms with E-state index < -0.39 is 48.7 Å². The first kappa shape index (κ1) is 27.2. The molecule has 0 aromatic rings. The Bertz CT molecular complexity index is 455. The third-order valence-electron chi connectivity index (χ3n) is 4.52. The van der Waals surface area contributed by atoms with Crippen LogP contribution < -0.4 is 0 Å². The first-order valence-corrected chi connectivity index (χ1v) is 8.56. The molecule has 0 fully saturated rings. The zero-order valence-corrected chi connectivity index (χ0v) is 15.6. The van der Waals surface area contributed by atoms with E-state index in [1.54, 1.807) is 0 Å². The minimum atomic E-state index is -6.49. The standard InChI is InChI=1S/C16H24F10O2/c1-4-5-6-7-8-9-10-11(12(17,18)15(21,22)23)13(27-2,28-3)14(19,20)16(24,25)26/h11H,4-10H2,1-3H3. The minimum Gasteiger partial charge on any atom is -0.348 e. The van der Waals surface area contributed by atoms with Crippen molar-refractivity contribution in [3.63, 3.8) is 0 Å². The van der Waals surface area contributed by atoms with E-state index in [1.807, 2.05) is 6.92 Å². The molecule has 0 spiro atoms. The van der Waals surface area contributed by atoms with E-state index in [4.69, 9.17) is 0 Å². The van der Waals surface area contributed by atoms with Crippen LogP contribution >= 0.6 is 0 Å². The highest BCUT2D eigenvalue weighted by atomic mass is 19.4. The fourth-order valence-electron chi connectivity index (χ4n) is 2.98. The lowest BCUT2D eigenvalue weighted by Gasteiger charge is -2.46. The SMILES string of the molecule is CCCCCCCCC(C(F)(F)C(F)(F)F)C(OC)(OC)C(F)(F)C(F)(F)F. The molecule has 0 bridgehead atoms. The summed E-state index contributed by atoms with van der Waals surface area (Å²) in [6, 6.07) is 0. The van der Waals surface area contributed by atoms with Gasteiger partial charge in [-0.25, -0.2) is 0 Å². The summed E-state index contributed by atoms with van der Waals surface area (Å²) in [4.78, 5) is 0. The lowest BCUT2D eigenvalue weighted by Crippen LogP contribution is -2.68. The van der Waals surface area contributed by atoms with Gasteiger partial charge in [-0.15, -0.1) is 0 Å². The molecule has 0 saturated heterocycles. The van der Waals surface area contributed by atoms with Crippen molar-refractivity contribution in [2.45, 2.75) is 81.9 Å². The highest BCUT2D eigenvalue weighted by molar-refractivity contribution is 5.03. The largest absolute Gasteiger partial charge is 0.459 e. The smallest absolute Gasteiger partial charge is 0.348 e. The average Bonchev–Trinajstić information content (AvgIpc) is 2.55. The second-order valence-corrected chi connectivity index (χ2v) is 6.38. The Kier molecular flexibility index (Phi) is 9.54. The second-order valence-electron chi connectivity index (χ2n) is 6.38. The maximum atomic E-state index is 14.0. The lowest BCUT2D eigenvalue weighted by molar-refractivity contribution is -0.448. The summed E-state index contributed by atoms with van der Waals surface area (Å²) in [5, 5.41) is 0. The third-order valence-corrected chi connectivity index (χ3v) is 4.52. The minimum absolute atomic E-state index is 0.0749. The number of hydrogen-bond acceptors (Lipinski definition) is 2. The van der Waals surface area contributed by atoms with Gasteiger partial charge in [-0.05, 0) is 6.42 Å². The van der Waals surface area contributed by atoms with Crippen LogP contribution in [0.25, 0.3) is 0 Å². The number of rotatable bonds is 12. The maximum Gasteiger partial charge on any atom is 0.459 e. The molecule has 0 aliphatic rings. The van der Waals surface area contributed by atoms with Crippen LogP contribution in [-0.2, 0) is 9.47 Å². The average molecular weight is 438 g/mol. The van der Waals surface area contributed by atoms with E-state index in [1.165, 1.54) is 0 Å². The molecule has 28 heavy (non-hydrogen) atoms. The van der Waals surface area contributed by atoms with Crippen molar-refractivity contribution in [3.8, 4) is 0 Å². The lowest BCUT2D eigenvalue weighted by atomic mass is 9.81. The molecule has 0 aromatic heterocycles. The maximum absolute atomic E-state index is 14.0. The number of hydrogen-bond donors (Lipinski definition) is 0. The zero-order valence-electron chi connectivity index (χ0n) is 15.6. The van der Waals surface area contributed by atoms with Gasteiger partial charge in [-0.2, -0.15) is 43.9 Å². The van der Waals surface area contributed by atoms with Gasteiger partial charge in [0, 0.05) is 14.2 Å². The van der Waals surface area contributed by atoms with Gasteiger partial charge in [-0.3, -0.25) is 0 Å². The Labute approximate surface area is 156 Å². The monoisotopic (exact) mass is 438 g/mol. The van der Waals surface area contributed by atoms with Crippen molar-refractivity contribution < 1.29 is 53.4 Å². The number of alkyl halides is 10. The molecule has 0 amide bonds. The molecule has 1 atom stereocenters. The molecular formula is C16H24F10O2. The predicted octanol–water partition coefficient (Wildman–Crippen LogP) is 6.74. The summed E-state index contributed by atoms with van der Waals surface area (Å²) in [7, 11) is 0.341. The van der Waals surface area contributed by atoms with Gasteiger partial charge in [0.1, 0.15) is 0 Å². The number of halogens is 10. The van der Waals surface area contributed by atoms with Crippen LogP contribution in [0, 0.1) is 5.92 Å². The summed E-state index contributed by atoms with van der Waals surface area (Å²) >= 11 is 0. The van der Waals surface area contributed by atoms with Crippen LogP contribution in [0.3, 0.4) is 0 Å². The molecular weight excluding hydrogens is 414 g/mol. The number of methoxy groups -OCH3 is 2. The van der Waals surface area contributed by atoms with Crippen molar-refractivity contribution in [3.05, 3.63) is 0 Å². The van der Waals surface area contributed by atoms with E-state index in [-0.39, 0.29) is 20.6 Å². The zero-order chi connectivity index (χ0) is 22.4. The van der Waals surface area contributed by atoms with Gasteiger partial charge in [0.25, 0.3) is 5.79 Å². The molecule has 0 heterocycles. The Morgan fingerprint density at radius 3 is 1.43 bits per heavy atom. The van der Waals surface area contributed by atoms with Gasteiger partial charge < -0.3 is 9.47 Å². The molecule has 2 nitrogen and oxygen atoms in total. The molecule has 170 valence electrons. The van der Waals surface area contributed by atoms with Gasteiger partial charge >= 0.3 is 24.2 Å². The topological polar surface area (TPSA) is 18.5 Å². The third kappa shape index (κ3) is 5.43. The van der Waals surface area contributed by atoms with Gasteiger partial charge in [0.15, 0.2) is 0 Å². The quantitative estimate of drug-likeness (QED) is 0.191. The highest BCUT2D eigenvalue weighted by Crippen LogP contribution is 2.56. The number of ether oxygens (including phenoxy) is 2. The summed E-state index contributed by atoms with van der Waals surface area (Å²) < 4.78 is 141. The molecule has 0 rings (SSSR count). The Balaban J connectivity index is 6.03. The van der Waals surface area contributed by atoms with Crippen LogP contribution in [0.5, 0.6) is 0 Å². The van der Waals surface area contributed by atoms with Crippen molar-refractivity contribution >= 4 is 0 Å². The van der Waals surface area contributed by atoms with E-state index in [0.717, 1.165) is 12.8 Å². The molecule has 0 saturated carbocycles. The fourth-order valence-corrected chi connectivity index (χ4v) is 2.98. The van der Waals surface area contributed by atoms with E-state index in [0.29, 0.717) is 12.8 Å². The van der Waals surface area contributed by atoms with Crippen molar-refractivity contribution in [1.82, 2.24) is 0 Å². The van der Waals surface area contributed by atoms with Gasteiger partial charge in [-0.1, -0.05) is 45.4 Å². The molecule has 0 aliphatic carbocycles. The fraction of sp³-hybridized carbons (Fsp3) is 1.00. The highest BCUT2D eigenvalue weighted by Gasteiger charge is 2.80. The van der Waals surface area contributed by atoms with Crippen LogP contribution in [0.2, 0.25) is 0 Å². The van der Waals surface area contributed by atoms with Crippen LogP contribution in [0.15, 0.2) is 0 Å². The molecule has 0 aliphatic heterocycles. The second kappa shape index (κ2) is 9.82. The summed E-state index contributed by atoms with van der Waals surface area (Å²) in [6.07, 6.45) is -12.0. The Morgan fingerprint density at radius 2 is 1.07 bits per heavy atom. The van der Waals surface area contributed by atoms with Gasteiger partial charge in [0.2, 0.25) is 0 Å². The first-order valence-electron chi connectivity index (χ1n) is 8.56. The molecule has 1 unspecified atom stereocenters. The van der Waals surface area contributed by atoms with E-state index in [9.17, 15) is 43.9 Å². The predicted molar refractivity (Wildman–Crippen MR) is 80.2 cm³/mol. The summed E-state index contributed by atoms with van der Waals surface area (Å²) in [5.74, 6) is -20.2. The Hall–Kier alpha value is -0.780. The number of unbranched alkanes of at least 4 members (excludes halogenated alkanes) is 5. The summed E-state index contributed by atoms with van der Waals surface area (Å²) in [6.45, 7) is 1.87. The molecule has 0 aromatic carbocycles. The van der Waals surface area contributed by atoms with E-state index in [2.05, 4.69) is 9.47 Å². The molecule has 12 heteroatoms. The summed E-state index contributed by atoms with van der Waals surface area (Å²) in [5.41, 5.74) is 0. The van der Waals surface area contributed by atoms with Crippen LogP contribution in [0.4, 0.5) is 43.9 Å². The first-order chi connectivity index (χ1) is 12.6. The van der Waals surface area contributed by atoms with Crippen LogP contribution in [0.1, 0.15) is 51.9 Å². The van der Waals surface area contributed by atoms with Crippen molar-refractivity contribution in [1.29, 1.82) is 0 Å². The normalized spacial score (nSPS) is 15.8. The van der Waals surface area contributed by atoms with Crippen molar-refractivity contribution in [2.24, 2.45) is 5.92 Å². The molecule has 0 radical (unpaired) electrons. The van der Waals surface area contributed by atoms with Gasteiger partial charge in [0.05, 0.1) is 5.92 Å². The van der Waals surface area contributed by atoms with E-state index >= 15 is 0 Å². The Morgan fingerprint density at radius 1 is 0.643 bits per heavy atom. The van der Waals surface area contributed by atoms with Crippen molar-refractivity contribution in [2.75, 3.05) is 14.2 Å². The van der Waals surface area contributed by atoms with Crippen LogP contribution in [-0.4, -0.2) is 44.2 Å².